The van der Waals surface area contributed by atoms with Gasteiger partial charge in [-0.3, -0.25) is 19.9 Å². The van der Waals surface area contributed by atoms with Gasteiger partial charge in [0.15, 0.2) is 0 Å². The van der Waals surface area contributed by atoms with Gasteiger partial charge in [0.2, 0.25) is 0 Å². The Morgan fingerprint density at radius 1 is 1.33 bits per heavy atom. The van der Waals surface area contributed by atoms with Crippen LogP contribution < -0.4 is 0 Å². The predicted octanol–water partition coefficient (Wildman–Crippen LogP) is 2.57. The van der Waals surface area contributed by atoms with Crippen LogP contribution in [0.1, 0.15) is 21.6 Å². The minimum absolute atomic E-state index is 0.0188. The molecule has 0 atom stereocenters. The molecule has 0 radical (unpaired) electrons. The third-order valence-corrected chi connectivity index (χ3v) is 3.05. The summed E-state index contributed by atoms with van der Waals surface area (Å²) < 4.78 is 0. The van der Waals surface area contributed by atoms with Crippen LogP contribution in [-0.4, -0.2) is 27.8 Å². The van der Waals surface area contributed by atoms with E-state index >= 15 is 0 Å². The molecule has 0 saturated heterocycles. The summed E-state index contributed by atoms with van der Waals surface area (Å²) in [5.41, 5.74) is 2.06. The van der Waals surface area contributed by atoms with Gasteiger partial charge in [-0.15, -0.1) is 0 Å². The van der Waals surface area contributed by atoms with E-state index in [1.807, 2.05) is 6.92 Å². The van der Waals surface area contributed by atoms with Crippen molar-refractivity contribution in [3.63, 3.8) is 0 Å². The lowest BCUT2D eigenvalue weighted by Gasteiger charge is -2.17. The van der Waals surface area contributed by atoms with E-state index in [1.54, 1.807) is 31.3 Å². The molecule has 108 valence electrons. The zero-order valence-electron chi connectivity index (χ0n) is 11.8. The standard InChI is InChI=1S/C15H15N3O3/c1-11-6-7-13(9-16-11)15(19)17(2)10-12-4-3-5-14(8-12)18(20)21/h3-9H,10H2,1-2H3. The Morgan fingerprint density at radius 2 is 2.10 bits per heavy atom. The second kappa shape index (κ2) is 6.13. The molecule has 0 fully saturated rings. The molecule has 2 aromatic rings. The van der Waals surface area contributed by atoms with Gasteiger partial charge in [-0.25, -0.2) is 0 Å². The first kappa shape index (κ1) is 14.6. The first-order valence-corrected chi connectivity index (χ1v) is 6.39. The number of nitro groups is 1. The highest BCUT2D eigenvalue weighted by molar-refractivity contribution is 5.93. The molecule has 6 heteroatoms. The number of amides is 1. The number of pyridine rings is 1. The maximum Gasteiger partial charge on any atom is 0.269 e. The number of nitro benzene ring substituents is 1. The lowest BCUT2D eigenvalue weighted by molar-refractivity contribution is -0.384. The highest BCUT2D eigenvalue weighted by Crippen LogP contribution is 2.15. The number of hydrogen-bond donors (Lipinski definition) is 0. The third kappa shape index (κ3) is 3.62. The zero-order chi connectivity index (χ0) is 15.4. The molecule has 1 heterocycles. The quantitative estimate of drug-likeness (QED) is 0.639. The molecule has 0 saturated carbocycles. The average Bonchev–Trinajstić information content (AvgIpc) is 2.47. The number of rotatable bonds is 4. The van der Waals surface area contributed by atoms with Crippen LogP contribution in [0.15, 0.2) is 42.6 Å². The SMILES string of the molecule is Cc1ccc(C(=O)N(C)Cc2cccc([N+](=O)[O-])c2)cn1. The van der Waals surface area contributed by atoms with Gasteiger partial charge >= 0.3 is 0 Å². The maximum absolute atomic E-state index is 12.2. The highest BCUT2D eigenvalue weighted by Gasteiger charge is 2.13. The van der Waals surface area contributed by atoms with Crippen molar-refractivity contribution in [1.82, 2.24) is 9.88 Å². The minimum Gasteiger partial charge on any atom is -0.337 e. The summed E-state index contributed by atoms with van der Waals surface area (Å²) >= 11 is 0. The third-order valence-electron chi connectivity index (χ3n) is 3.05. The van der Waals surface area contributed by atoms with Crippen molar-refractivity contribution in [1.29, 1.82) is 0 Å². The van der Waals surface area contributed by atoms with Crippen LogP contribution in [0.3, 0.4) is 0 Å². The molecule has 0 unspecified atom stereocenters. The van der Waals surface area contributed by atoms with Crippen molar-refractivity contribution in [2.45, 2.75) is 13.5 Å². The van der Waals surface area contributed by atoms with Gasteiger partial charge in [-0.1, -0.05) is 12.1 Å². The normalized spacial score (nSPS) is 10.2. The lowest BCUT2D eigenvalue weighted by Crippen LogP contribution is -2.26. The van der Waals surface area contributed by atoms with E-state index in [9.17, 15) is 14.9 Å². The number of carbonyl (C=O) groups is 1. The molecule has 0 bridgehead atoms. The van der Waals surface area contributed by atoms with Crippen molar-refractivity contribution in [2.75, 3.05) is 7.05 Å². The van der Waals surface area contributed by atoms with Gasteiger partial charge in [0.25, 0.3) is 11.6 Å². The summed E-state index contributed by atoms with van der Waals surface area (Å²) in [7, 11) is 1.65. The number of aryl methyl sites for hydroxylation is 1. The van der Waals surface area contributed by atoms with E-state index in [4.69, 9.17) is 0 Å². The molecule has 0 aliphatic rings. The van der Waals surface area contributed by atoms with Crippen molar-refractivity contribution >= 4 is 11.6 Å². The molecule has 1 aromatic heterocycles. The fraction of sp³-hybridized carbons (Fsp3) is 0.200. The van der Waals surface area contributed by atoms with Crippen LogP contribution >= 0.6 is 0 Å². The second-order valence-electron chi connectivity index (χ2n) is 4.78. The summed E-state index contributed by atoms with van der Waals surface area (Å²) in [5, 5.41) is 10.7. The first-order chi connectivity index (χ1) is 9.97. The van der Waals surface area contributed by atoms with Crippen LogP contribution in [0.5, 0.6) is 0 Å². The summed E-state index contributed by atoms with van der Waals surface area (Å²) in [5.74, 6) is -0.172. The van der Waals surface area contributed by atoms with Crippen molar-refractivity contribution in [3.8, 4) is 0 Å². The molecule has 1 amide bonds. The monoisotopic (exact) mass is 285 g/mol. The van der Waals surface area contributed by atoms with Crippen LogP contribution in [-0.2, 0) is 6.54 Å². The number of non-ortho nitro benzene ring substituents is 1. The number of carbonyl (C=O) groups excluding carboxylic acids is 1. The van der Waals surface area contributed by atoms with Crippen LogP contribution in [0.25, 0.3) is 0 Å². The molecule has 0 aliphatic heterocycles. The molecular formula is C15H15N3O3. The van der Waals surface area contributed by atoms with Crippen LogP contribution in [0.2, 0.25) is 0 Å². The van der Waals surface area contributed by atoms with Gasteiger partial charge < -0.3 is 4.90 Å². The van der Waals surface area contributed by atoms with Crippen molar-refractivity contribution in [2.24, 2.45) is 0 Å². The van der Waals surface area contributed by atoms with Gasteiger partial charge in [0.05, 0.1) is 10.5 Å². The molecular weight excluding hydrogens is 270 g/mol. The smallest absolute Gasteiger partial charge is 0.269 e. The van der Waals surface area contributed by atoms with E-state index in [-0.39, 0.29) is 11.6 Å². The van der Waals surface area contributed by atoms with Gasteiger partial charge in [-0.2, -0.15) is 0 Å². The van der Waals surface area contributed by atoms with Crippen LogP contribution in [0.4, 0.5) is 5.69 Å². The Balaban J connectivity index is 2.12. The minimum atomic E-state index is -0.449. The van der Waals surface area contributed by atoms with E-state index in [1.165, 1.54) is 23.2 Å². The number of aromatic nitrogens is 1. The predicted molar refractivity (Wildman–Crippen MR) is 77.9 cm³/mol. The highest BCUT2D eigenvalue weighted by atomic mass is 16.6. The van der Waals surface area contributed by atoms with Gasteiger partial charge in [0, 0.05) is 37.6 Å². The van der Waals surface area contributed by atoms with Gasteiger partial charge in [-0.05, 0) is 24.6 Å². The van der Waals surface area contributed by atoms with E-state index < -0.39 is 4.92 Å². The first-order valence-electron chi connectivity index (χ1n) is 6.39. The molecule has 0 spiro atoms. The molecule has 0 N–H and O–H groups in total. The summed E-state index contributed by atoms with van der Waals surface area (Å²) in [6.07, 6.45) is 1.53. The number of nitrogens with zero attached hydrogens (tertiary/aromatic N) is 3. The number of benzene rings is 1. The fourth-order valence-electron chi connectivity index (χ4n) is 1.93. The maximum atomic E-state index is 12.2. The van der Waals surface area contributed by atoms with Crippen molar-refractivity contribution < 1.29 is 9.72 Å². The Hall–Kier alpha value is -2.76. The summed E-state index contributed by atoms with van der Waals surface area (Å²) in [6.45, 7) is 2.15. The van der Waals surface area contributed by atoms with E-state index in [0.29, 0.717) is 17.7 Å². The summed E-state index contributed by atoms with van der Waals surface area (Å²) in [4.78, 5) is 28.1. The molecule has 21 heavy (non-hydrogen) atoms. The largest absolute Gasteiger partial charge is 0.337 e. The zero-order valence-corrected chi connectivity index (χ0v) is 11.8. The fourth-order valence-corrected chi connectivity index (χ4v) is 1.93. The topological polar surface area (TPSA) is 76.3 Å². The molecule has 6 nitrogen and oxygen atoms in total. The Kier molecular flexibility index (Phi) is 4.27. The average molecular weight is 285 g/mol. The Bertz CT molecular complexity index is 668. The summed E-state index contributed by atoms with van der Waals surface area (Å²) in [6, 6.07) is 9.75. The molecule has 1 aromatic carbocycles. The molecule has 0 aliphatic carbocycles. The number of hydrogen-bond acceptors (Lipinski definition) is 4. The lowest BCUT2D eigenvalue weighted by atomic mass is 10.1. The molecule has 2 rings (SSSR count). The van der Waals surface area contributed by atoms with Gasteiger partial charge in [0.1, 0.15) is 0 Å². The second-order valence-corrected chi connectivity index (χ2v) is 4.78. The van der Waals surface area contributed by atoms with Crippen LogP contribution in [0, 0.1) is 17.0 Å². The van der Waals surface area contributed by atoms with E-state index in [2.05, 4.69) is 4.98 Å². The van der Waals surface area contributed by atoms with E-state index in [0.717, 1.165) is 5.69 Å². The Labute approximate surface area is 122 Å². The Morgan fingerprint density at radius 3 is 2.71 bits per heavy atom. The van der Waals surface area contributed by atoms with Crippen molar-refractivity contribution in [3.05, 3.63) is 69.5 Å².